The van der Waals surface area contributed by atoms with Gasteiger partial charge in [-0.1, -0.05) is 6.92 Å². The molecule has 14 heavy (non-hydrogen) atoms. The summed E-state index contributed by atoms with van der Waals surface area (Å²) in [6.45, 7) is 2.09. The molecule has 0 aliphatic heterocycles. The number of nitrogen functional groups attached to an aromatic ring is 1. The van der Waals surface area contributed by atoms with E-state index in [0.717, 1.165) is 23.4 Å². The van der Waals surface area contributed by atoms with Crippen LogP contribution in [0.4, 0.5) is 5.69 Å². The number of thiophene rings is 1. The van der Waals surface area contributed by atoms with E-state index in [2.05, 4.69) is 24.4 Å². The van der Waals surface area contributed by atoms with Crippen molar-refractivity contribution in [3.8, 4) is 5.75 Å². The van der Waals surface area contributed by atoms with Gasteiger partial charge in [-0.15, -0.1) is 11.3 Å². The third-order valence-electron chi connectivity index (χ3n) is 2.42. The number of methoxy groups -OCH3 is 1. The van der Waals surface area contributed by atoms with Crippen LogP contribution in [0.1, 0.15) is 12.5 Å². The lowest BCUT2D eigenvalue weighted by molar-refractivity contribution is 0.411. The summed E-state index contributed by atoms with van der Waals surface area (Å²) in [6.07, 6.45) is 0.906. The Balaban J connectivity index is 2.79. The van der Waals surface area contributed by atoms with Gasteiger partial charge in [0.1, 0.15) is 5.75 Å². The van der Waals surface area contributed by atoms with Gasteiger partial charge in [0.15, 0.2) is 0 Å². The second-order valence-corrected chi connectivity index (χ2v) is 4.08. The molecule has 0 spiro atoms. The fraction of sp³-hybridized carbons (Fsp3) is 0.273. The molecule has 0 aliphatic rings. The molecule has 0 saturated heterocycles. The second kappa shape index (κ2) is 3.50. The highest BCUT2D eigenvalue weighted by molar-refractivity contribution is 7.17. The number of anilines is 1. The molecule has 0 unspecified atom stereocenters. The van der Waals surface area contributed by atoms with Crippen molar-refractivity contribution >= 4 is 27.1 Å². The number of hydrogen-bond donors (Lipinski definition) is 1. The summed E-state index contributed by atoms with van der Waals surface area (Å²) >= 11 is 1.68. The van der Waals surface area contributed by atoms with Gasteiger partial charge >= 0.3 is 0 Å². The van der Waals surface area contributed by atoms with Crippen molar-refractivity contribution in [3.63, 3.8) is 0 Å². The van der Waals surface area contributed by atoms with Gasteiger partial charge in [-0.05, 0) is 29.3 Å². The molecule has 0 amide bonds. The van der Waals surface area contributed by atoms with Gasteiger partial charge in [0.25, 0.3) is 0 Å². The van der Waals surface area contributed by atoms with E-state index in [1.165, 1.54) is 10.1 Å². The van der Waals surface area contributed by atoms with E-state index in [-0.39, 0.29) is 0 Å². The number of nitrogens with two attached hydrogens (primary N) is 1. The maximum Gasteiger partial charge on any atom is 0.124 e. The van der Waals surface area contributed by atoms with E-state index < -0.39 is 0 Å². The molecule has 2 aromatic rings. The summed E-state index contributed by atoms with van der Waals surface area (Å²) < 4.78 is 6.49. The molecule has 3 heteroatoms. The minimum absolute atomic E-state index is 0.872. The Hall–Kier alpha value is -1.22. The number of ether oxygens (including phenoxy) is 1. The molecule has 0 aliphatic carbocycles. The molecule has 0 bridgehead atoms. The van der Waals surface area contributed by atoms with E-state index in [4.69, 9.17) is 10.5 Å². The first-order valence-electron chi connectivity index (χ1n) is 4.60. The van der Waals surface area contributed by atoms with Crippen molar-refractivity contribution in [2.24, 2.45) is 0 Å². The zero-order chi connectivity index (χ0) is 10.1. The maximum absolute atomic E-state index is 6.08. The molecule has 74 valence electrons. The molecule has 2 nitrogen and oxygen atoms in total. The fourth-order valence-corrected chi connectivity index (χ4v) is 2.56. The summed E-state index contributed by atoms with van der Waals surface area (Å²) in [6, 6.07) is 4.12. The summed E-state index contributed by atoms with van der Waals surface area (Å²) in [7, 11) is 1.69. The van der Waals surface area contributed by atoms with E-state index in [1.54, 1.807) is 18.4 Å². The fourth-order valence-electron chi connectivity index (χ4n) is 1.70. The van der Waals surface area contributed by atoms with Crippen LogP contribution >= 0.6 is 11.3 Å². The Morgan fingerprint density at radius 2 is 2.29 bits per heavy atom. The van der Waals surface area contributed by atoms with Crippen LogP contribution in [0.2, 0.25) is 0 Å². The molecule has 1 aromatic carbocycles. The Bertz CT molecular complexity index is 462. The van der Waals surface area contributed by atoms with Crippen LogP contribution in [0.5, 0.6) is 5.75 Å². The Morgan fingerprint density at radius 1 is 1.50 bits per heavy atom. The highest BCUT2D eigenvalue weighted by atomic mass is 32.1. The Labute approximate surface area is 87.3 Å². The average molecular weight is 207 g/mol. The monoisotopic (exact) mass is 207 g/mol. The van der Waals surface area contributed by atoms with Gasteiger partial charge in [0.2, 0.25) is 0 Å². The molecule has 2 N–H and O–H groups in total. The quantitative estimate of drug-likeness (QED) is 0.768. The lowest BCUT2D eigenvalue weighted by Gasteiger charge is -2.10. The third-order valence-corrected chi connectivity index (χ3v) is 3.39. The standard InChI is InChI=1S/C11H13NOS/c1-3-8-9(13-2)6-7-4-5-14-11(7)10(8)12/h4-6H,3,12H2,1-2H3. The van der Waals surface area contributed by atoms with Gasteiger partial charge in [0, 0.05) is 5.56 Å². The van der Waals surface area contributed by atoms with Crippen LogP contribution in [-0.2, 0) is 6.42 Å². The zero-order valence-electron chi connectivity index (χ0n) is 8.33. The van der Waals surface area contributed by atoms with Crippen LogP contribution in [0.25, 0.3) is 10.1 Å². The summed E-state index contributed by atoms with van der Waals surface area (Å²) in [5, 5.41) is 3.22. The summed E-state index contributed by atoms with van der Waals surface area (Å²) in [4.78, 5) is 0. The molecule has 1 aromatic heterocycles. The van der Waals surface area contributed by atoms with Crippen LogP contribution in [0.15, 0.2) is 17.5 Å². The smallest absolute Gasteiger partial charge is 0.124 e. The predicted molar refractivity (Wildman–Crippen MR) is 62.2 cm³/mol. The SMILES string of the molecule is CCc1c(OC)cc2ccsc2c1N. The van der Waals surface area contributed by atoms with Crippen molar-refractivity contribution in [2.75, 3.05) is 12.8 Å². The first kappa shape index (κ1) is 9.34. The van der Waals surface area contributed by atoms with E-state index in [0.29, 0.717) is 0 Å². The average Bonchev–Trinajstić information content (AvgIpc) is 2.65. The lowest BCUT2D eigenvalue weighted by Crippen LogP contribution is -1.97. The molecule has 0 fully saturated rings. The van der Waals surface area contributed by atoms with Gasteiger partial charge in [-0.3, -0.25) is 0 Å². The predicted octanol–water partition coefficient (Wildman–Crippen LogP) is 3.05. The van der Waals surface area contributed by atoms with Crippen molar-refractivity contribution in [1.82, 2.24) is 0 Å². The minimum atomic E-state index is 0.872. The molecule has 2 rings (SSSR count). The van der Waals surface area contributed by atoms with E-state index in [9.17, 15) is 0 Å². The Kier molecular flexibility index (Phi) is 2.33. The van der Waals surface area contributed by atoms with Crippen molar-refractivity contribution in [3.05, 3.63) is 23.1 Å². The molecule has 0 atom stereocenters. The van der Waals surface area contributed by atoms with Gasteiger partial charge < -0.3 is 10.5 Å². The number of rotatable bonds is 2. The molecular formula is C11H13NOS. The van der Waals surface area contributed by atoms with E-state index >= 15 is 0 Å². The number of benzene rings is 1. The molecule has 1 heterocycles. The largest absolute Gasteiger partial charge is 0.496 e. The van der Waals surface area contributed by atoms with Crippen LogP contribution < -0.4 is 10.5 Å². The van der Waals surface area contributed by atoms with E-state index in [1.807, 2.05) is 0 Å². The molecular weight excluding hydrogens is 194 g/mol. The highest BCUT2D eigenvalue weighted by Crippen LogP contribution is 2.36. The lowest BCUT2D eigenvalue weighted by atomic mass is 10.1. The van der Waals surface area contributed by atoms with Gasteiger partial charge in [-0.25, -0.2) is 0 Å². The number of hydrogen-bond acceptors (Lipinski definition) is 3. The highest BCUT2D eigenvalue weighted by Gasteiger charge is 2.10. The van der Waals surface area contributed by atoms with Gasteiger partial charge in [-0.2, -0.15) is 0 Å². The first-order chi connectivity index (χ1) is 6.77. The van der Waals surface area contributed by atoms with Crippen LogP contribution in [-0.4, -0.2) is 7.11 Å². The first-order valence-corrected chi connectivity index (χ1v) is 5.48. The normalized spacial score (nSPS) is 10.7. The van der Waals surface area contributed by atoms with Crippen molar-refractivity contribution < 1.29 is 4.74 Å². The second-order valence-electron chi connectivity index (χ2n) is 3.16. The summed E-state index contributed by atoms with van der Waals surface area (Å²) in [5.41, 5.74) is 8.07. The zero-order valence-corrected chi connectivity index (χ0v) is 9.15. The van der Waals surface area contributed by atoms with Gasteiger partial charge in [0.05, 0.1) is 17.5 Å². The topological polar surface area (TPSA) is 35.2 Å². The summed E-state index contributed by atoms with van der Waals surface area (Å²) in [5.74, 6) is 0.899. The third kappa shape index (κ3) is 1.24. The Morgan fingerprint density at radius 3 is 2.93 bits per heavy atom. The number of fused-ring (bicyclic) bond motifs is 1. The molecule has 0 saturated carbocycles. The molecule has 0 radical (unpaired) electrons. The van der Waals surface area contributed by atoms with Crippen molar-refractivity contribution in [1.29, 1.82) is 0 Å². The van der Waals surface area contributed by atoms with Crippen molar-refractivity contribution in [2.45, 2.75) is 13.3 Å². The van der Waals surface area contributed by atoms with Crippen LogP contribution in [0, 0.1) is 0 Å². The van der Waals surface area contributed by atoms with Crippen LogP contribution in [0.3, 0.4) is 0 Å². The minimum Gasteiger partial charge on any atom is -0.496 e. The maximum atomic E-state index is 6.08.